The lowest BCUT2D eigenvalue weighted by Crippen LogP contribution is -2.42. The van der Waals surface area contributed by atoms with E-state index in [1.807, 2.05) is 0 Å². The fourth-order valence-corrected chi connectivity index (χ4v) is 4.40. The number of piperidine rings is 1. The molecule has 0 saturated carbocycles. The van der Waals surface area contributed by atoms with E-state index in [4.69, 9.17) is 23.2 Å². The van der Waals surface area contributed by atoms with Crippen molar-refractivity contribution < 1.29 is 35.9 Å². The minimum Gasteiger partial charge on any atom is -0.334 e. The van der Waals surface area contributed by atoms with E-state index in [1.54, 1.807) is 19.0 Å². The van der Waals surface area contributed by atoms with Crippen molar-refractivity contribution in [2.75, 3.05) is 33.7 Å². The number of benzene rings is 2. The molecule has 0 radical (unpaired) electrons. The highest BCUT2D eigenvalue weighted by molar-refractivity contribution is 6.33. The van der Waals surface area contributed by atoms with Crippen molar-refractivity contribution in [3.63, 3.8) is 0 Å². The van der Waals surface area contributed by atoms with Gasteiger partial charge in [0, 0.05) is 37.2 Å². The molecule has 12 heteroatoms. The Kier molecular flexibility index (Phi) is 9.00. The first kappa shape index (κ1) is 29.7. The van der Waals surface area contributed by atoms with Gasteiger partial charge in [0.25, 0.3) is 0 Å². The first-order valence-electron chi connectivity index (χ1n) is 11.2. The van der Waals surface area contributed by atoms with E-state index in [-0.39, 0.29) is 47.7 Å². The van der Waals surface area contributed by atoms with Gasteiger partial charge in [-0.05, 0) is 49.5 Å². The smallest absolute Gasteiger partial charge is 0.334 e. The van der Waals surface area contributed by atoms with E-state index >= 15 is 0 Å². The van der Waals surface area contributed by atoms with Crippen LogP contribution in [0.15, 0.2) is 47.5 Å². The van der Waals surface area contributed by atoms with E-state index in [9.17, 15) is 35.9 Å². The number of nitrogens with zero attached hydrogens (tertiary/aromatic N) is 2. The van der Waals surface area contributed by atoms with Gasteiger partial charge in [-0.1, -0.05) is 47.5 Å². The predicted molar refractivity (Wildman–Crippen MR) is 134 cm³/mol. The molecule has 0 spiro atoms. The predicted octanol–water partition coefficient (Wildman–Crippen LogP) is 6.86. The van der Waals surface area contributed by atoms with Crippen LogP contribution in [0.3, 0.4) is 0 Å². The number of amides is 1. The Hall–Kier alpha value is -2.82. The lowest BCUT2D eigenvalue weighted by atomic mass is 9.93. The van der Waals surface area contributed by atoms with E-state index in [0.717, 1.165) is 36.4 Å². The van der Waals surface area contributed by atoms with Crippen molar-refractivity contribution in [3.05, 3.63) is 79.8 Å². The van der Waals surface area contributed by atoms with Crippen molar-refractivity contribution in [1.82, 2.24) is 9.80 Å². The lowest BCUT2D eigenvalue weighted by Gasteiger charge is -2.30. The molecule has 1 heterocycles. The molecule has 0 atom stereocenters. The quantitative estimate of drug-likeness (QED) is 0.287. The van der Waals surface area contributed by atoms with Gasteiger partial charge in [0.05, 0.1) is 21.2 Å². The van der Waals surface area contributed by atoms with Crippen LogP contribution in [-0.4, -0.2) is 55.2 Å². The van der Waals surface area contributed by atoms with Crippen molar-refractivity contribution in [1.29, 1.82) is 0 Å². The number of halogens is 8. The molecule has 0 aromatic heterocycles. The van der Waals surface area contributed by atoms with Crippen molar-refractivity contribution >= 4 is 47.0 Å². The zero-order chi connectivity index (χ0) is 28.4. The summed E-state index contributed by atoms with van der Waals surface area (Å²) in [5.74, 6) is -1.00. The summed E-state index contributed by atoms with van der Waals surface area (Å²) >= 11 is 12.0. The Labute approximate surface area is 225 Å². The number of likely N-dealkylation sites (tertiary alicyclic amines) is 1. The lowest BCUT2D eigenvalue weighted by molar-refractivity contribution is -0.138. The van der Waals surface area contributed by atoms with Crippen LogP contribution in [0.2, 0.25) is 10.0 Å². The zero-order valence-electron chi connectivity index (χ0n) is 20.2. The van der Waals surface area contributed by atoms with Gasteiger partial charge in [0.15, 0.2) is 5.78 Å². The third kappa shape index (κ3) is 6.98. The Bertz CT molecular complexity index is 1210. The minimum absolute atomic E-state index is 0.0509. The number of hydrogen-bond acceptors (Lipinski definition) is 3. The molecule has 0 unspecified atom stereocenters. The summed E-state index contributed by atoms with van der Waals surface area (Å²) in [4.78, 5) is 29.3. The van der Waals surface area contributed by atoms with Crippen LogP contribution in [0.1, 0.15) is 28.7 Å². The summed E-state index contributed by atoms with van der Waals surface area (Å²) in [7, 11) is 3.52. The van der Waals surface area contributed by atoms with Gasteiger partial charge in [0.1, 0.15) is 0 Å². The van der Waals surface area contributed by atoms with E-state index in [2.05, 4.69) is 0 Å². The second-order valence-corrected chi connectivity index (χ2v) is 9.64. The highest BCUT2D eigenvalue weighted by Gasteiger charge is 2.36. The van der Waals surface area contributed by atoms with Gasteiger partial charge in [-0.25, -0.2) is 0 Å². The minimum atomic E-state index is -4.73. The number of carbonyl (C=O) groups is 2. The molecule has 1 fully saturated rings. The monoisotopic (exact) mass is 578 g/mol. The first-order chi connectivity index (χ1) is 17.6. The second kappa shape index (κ2) is 11.5. The van der Waals surface area contributed by atoms with Crippen LogP contribution in [-0.2, 0) is 21.9 Å². The van der Waals surface area contributed by atoms with Gasteiger partial charge in [0.2, 0.25) is 5.91 Å². The third-order valence-corrected chi connectivity index (χ3v) is 6.60. The number of alkyl halides is 6. The van der Waals surface area contributed by atoms with E-state index in [0.29, 0.717) is 6.54 Å². The molecular formula is C26H22Cl2F6N2O2. The van der Waals surface area contributed by atoms with Crippen LogP contribution >= 0.6 is 23.2 Å². The molecule has 1 aliphatic heterocycles. The molecule has 0 bridgehead atoms. The Morgan fingerprint density at radius 3 is 1.66 bits per heavy atom. The standard InChI is InChI=1S/C26H22Cl2F6N2O2/c1-35(2)10-9-21(37)36-13-17(11-15-5-3-7-19(22(15)27)25(29,30)31)24(38)18(14-36)12-16-6-4-8-20(23(16)28)26(32,33)34/h3-8,11-12H,9-10,13-14H2,1-2H3/b17-11+,18-12+. The molecule has 1 amide bonds. The summed E-state index contributed by atoms with van der Waals surface area (Å²) in [6.07, 6.45) is -7.07. The fourth-order valence-electron chi connectivity index (χ4n) is 3.83. The van der Waals surface area contributed by atoms with Gasteiger partial charge < -0.3 is 9.80 Å². The van der Waals surface area contributed by atoms with Crippen LogP contribution in [0, 0.1) is 0 Å². The maximum absolute atomic E-state index is 13.3. The molecule has 1 saturated heterocycles. The molecule has 3 rings (SSSR count). The number of rotatable bonds is 5. The summed E-state index contributed by atoms with van der Waals surface area (Å²) in [6, 6.07) is 6.44. The van der Waals surface area contributed by atoms with Gasteiger partial charge in [-0.15, -0.1) is 0 Å². The normalized spacial score (nSPS) is 17.1. The summed E-state index contributed by atoms with van der Waals surface area (Å²) in [5, 5.41) is -1.24. The Morgan fingerprint density at radius 1 is 0.868 bits per heavy atom. The van der Waals surface area contributed by atoms with Crippen molar-refractivity contribution in [2.24, 2.45) is 0 Å². The van der Waals surface area contributed by atoms with Crippen LogP contribution in [0.25, 0.3) is 12.2 Å². The highest BCUT2D eigenvalue weighted by atomic mass is 35.5. The van der Waals surface area contributed by atoms with Gasteiger partial charge >= 0.3 is 12.4 Å². The van der Waals surface area contributed by atoms with E-state index in [1.165, 1.54) is 17.0 Å². The van der Waals surface area contributed by atoms with Gasteiger partial charge in [-0.2, -0.15) is 26.3 Å². The second-order valence-electron chi connectivity index (χ2n) is 8.88. The average Bonchev–Trinajstić information content (AvgIpc) is 2.80. The fraction of sp³-hybridized carbons (Fsp3) is 0.308. The molecule has 0 aliphatic carbocycles. The summed E-state index contributed by atoms with van der Waals surface area (Å²) < 4.78 is 80.0. The Balaban J connectivity index is 2.10. The topological polar surface area (TPSA) is 40.6 Å². The van der Waals surface area contributed by atoms with Crippen molar-refractivity contribution in [3.8, 4) is 0 Å². The molecule has 0 N–H and O–H groups in total. The van der Waals surface area contributed by atoms with Crippen LogP contribution in [0.4, 0.5) is 26.3 Å². The van der Waals surface area contributed by atoms with Crippen molar-refractivity contribution in [2.45, 2.75) is 18.8 Å². The highest BCUT2D eigenvalue weighted by Crippen LogP contribution is 2.39. The maximum atomic E-state index is 13.3. The average molecular weight is 579 g/mol. The molecule has 2 aromatic rings. The SMILES string of the molecule is CN(C)CCC(=O)N1C/C(=C\c2cccc(C(F)(F)F)c2Cl)C(=O)/C(=C/c2cccc(C(F)(F)F)c2Cl)C1. The summed E-state index contributed by atoms with van der Waals surface area (Å²) in [5.41, 5.74) is -2.48. The number of carbonyl (C=O) groups excluding carboxylic acids is 2. The van der Waals surface area contributed by atoms with Gasteiger partial charge in [-0.3, -0.25) is 9.59 Å². The zero-order valence-corrected chi connectivity index (χ0v) is 21.7. The first-order valence-corrected chi connectivity index (χ1v) is 11.9. The van der Waals surface area contributed by atoms with Crippen LogP contribution in [0.5, 0.6) is 0 Å². The largest absolute Gasteiger partial charge is 0.417 e. The molecule has 1 aliphatic rings. The maximum Gasteiger partial charge on any atom is 0.417 e. The number of ketones is 1. The number of Topliss-reactive ketones (excluding diaryl/α,β-unsaturated/α-hetero) is 1. The molecule has 2 aromatic carbocycles. The van der Waals surface area contributed by atoms with Crippen LogP contribution < -0.4 is 0 Å². The summed E-state index contributed by atoms with van der Waals surface area (Å²) in [6.45, 7) is -0.0447. The molecule has 204 valence electrons. The Morgan fingerprint density at radius 2 is 1.29 bits per heavy atom. The number of hydrogen-bond donors (Lipinski definition) is 0. The van der Waals surface area contributed by atoms with E-state index < -0.39 is 39.3 Å². The molecular weight excluding hydrogens is 557 g/mol. The molecule has 4 nitrogen and oxygen atoms in total. The third-order valence-electron chi connectivity index (χ3n) is 5.76. The molecule has 38 heavy (non-hydrogen) atoms.